The zero-order valence-corrected chi connectivity index (χ0v) is 9.14. The molecule has 0 amide bonds. The van der Waals surface area contributed by atoms with E-state index in [4.69, 9.17) is 9.47 Å². The Balaban J connectivity index is 2.09. The van der Waals surface area contributed by atoms with Crippen LogP contribution in [0.25, 0.3) is 0 Å². The van der Waals surface area contributed by atoms with Crippen molar-refractivity contribution in [1.82, 2.24) is 9.97 Å². The molecular formula is C11H16N2O2. The van der Waals surface area contributed by atoms with Crippen molar-refractivity contribution in [2.45, 2.75) is 25.6 Å². The van der Waals surface area contributed by atoms with E-state index in [1.54, 1.807) is 20.4 Å². The zero-order chi connectivity index (χ0) is 10.7. The molecule has 4 heteroatoms. The van der Waals surface area contributed by atoms with Crippen LogP contribution >= 0.6 is 0 Å². The van der Waals surface area contributed by atoms with Gasteiger partial charge >= 0.3 is 0 Å². The highest BCUT2D eigenvalue weighted by molar-refractivity contribution is 5.05. The summed E-state index contributed by atoms with van der Waals surface area (Å²) in [5, 5.41) is 0. The molecule has 1 aliphatic rings. The highest BCUT2D eigenvalue weighted by Crippen LogP contribution is 2.31. The van der Waals surface area contributed by atoms with Crippen molar-refractivity contribution in [3.63, 3.8) is 0 Å². The van der Waals surface area contributed by atoms with Crippen molar-refractivity contribution in [3.8, 4) is 0 Å². The molecule has 2 rings (SSSR count). The van der Waals surface area contributed by atoms with Crippen molar-refractivity contribution in [2.24, 2.45) is 5.92 Å². The number of aromatic nitrogens is 2. The lowest BCUT2D eigenvalue weighted by Gasteiger charge is -2.12. The van der Waals surface area contributed by atoms with Crippen LogP contribution in [-0.2, 0) is 15.9 Å². The second kappa shape index (κ2) is 4.68. The van der Waals surface area contributed by atoms with Gasteiger partial charge in [0.2, 0.25) is 6.29 Å². The van der Waals surface area contributed by atoms with Crippen LogP contribution < -0.4 is 0 Å². The fourth-order valence-corrected chi connectivity index (χ4v) is 1.56. The molecule has 15 heavy (non-hydrogen) atoms. The minimum absolute atomic E-state index is 0.383. The van der Waals surface area contributed by atoms with Crippen LogP contribution in [-0.4, -0.2) is 24.2 Å². The topological polar surface area (TPSA) is 44.2 Å². The summed E-state index contributed by atoms with van der Waals surface area (Å²) in [7, 11) is 3.22. The molecule has 1 aliphatic carbocycles. The van der Waals surface area contributed by atoms with Gasteiger partial charge < -0.3 is 9.47 Å². The molecule has 1 heterocycles. The minimum Gasteiger partial charge on any atom is -0.350 e. The van der Waals surface area contributed by atoms with Gasteiger partial charge in [-0.2, -0.15) is 0 Å². The SMILES string of the molecule is COC(OC)c1ccnc(CC2CC2)n1. The molecule has 82 valence electrons. The van der Waals surface area contributed by atoms with E-state index in [1.165, 1.54) is 12.8 Å². The average Bonchev–Trinajstić information content (AvgIpc) is 3.04. The zero-order valence-electron chi connectivity index (χ0n) is 9.14. The van der Waals surface area contributed by atoms with E-state index in [1.807, 2.05) is 6.07 Å². The molecule has 0 spiro atoms. The second-order valence-corrected chi connectivity index (χ2v) is 3.85. The third kappa shape index (κ3) is 2.73. The van der Waals surface area contributed by atoms with Crippen molar-refractivity contribution < 1.29 is 9.47 Å². The summed E-state index contributed by atoms with van der Waals surface area (Å²) >= 11 is 0. The summed E-state index contributed by atoms with van der Waals surface area (Å²) in [6, 6.07) is 1.83. The van der Waals surface area contributed by atoms with E-state index in [0.717, 1.165) is 23.9 Å². The van der Waals surface area contributed by atoms with Crippen LogP contribution in [0.15, 0.2) is 12.3 Å². The van der Waals surface area contributed by atoms with E-state index in [2.05, 4.69) is 9.97 Å². The van der Waals surface area contributed by atoms with Crippen molar-refractivity contribution in [1.29, 1.82) is 0 Å². The highest BCUT2D eigenvalue weighted by Gasteiger charge is 2.23. The van der Waals surface area contributed by atoms with E-state index in [-0.39, 0.29) is 6.29 Å². The number of hydrogen-bond acceptors (Lipinski definition) is 4. The number of nitrogens with zero attached hydrogens (tertiary/aromatic N) is 2. The summed E-state index contributed by atoms with van der Waals surface area (Å²) in [4.78, 5) is 8.68. The van der Waals surface area contributed by atoms with Gasteiger partial charge in [-0.1, -0.05) is 0 Å². The molecule has 0 N–H and O–H groups in total. The largest absolute Gasteiger partial charge is 0.350 e. The van der Waals surface area contributed by atoms with Gasteiger partial charge in [-0.15, -0.1) is 0 Å². The smallest absolute Gasteiger partial charge is 0.200 e. The van der Waals surface area contributed by atoms with Gasteiger partial charge in [0.25, 0.3) is 0 Å². The van der Waals surface area contributed by atoms with Gasteiger partial charge in [-0.05, 0) is 24.8 Å². The van der Waals surface area contributed by atoms with Gasteiger partial charge in [0, 0.05) is 26.8 Å². The number of ether oxygens (including phenoxy) is 2. The Hall–Kier alpha value is -1.00. The van der Waals surface area contributed by atoms with Crippen LogP contribution in [0.1, 0.15) is 30.7 Å². The van der Waals surface area contributed by atoms with E-state index in [0.29, 0.717) is 0 Å². The van der Waals surface area contributed by atoms with Gasteiger partial charge in [-0.25, -0.2) is 9.97 Å². The third-order valence-corrected chi connectivity index (χ3v) is 2.56. The fourth-order valence-electron chi connectivity index (χ4n) is 1.56. The first-order chi connectivity index (χ1) is 7.33. The van der Waals surface area contributed by atoms with Crippen molar-refractivity contribution in [2.75, 3.05) is 14.2 Å². The maximum atomic E-state index is 5.15. The third-order valence-electron chi connectivity index (χ3n) is 2.56. The molecule has 0 unspecified atom stereocenters. The maximum absolute atomic E-state index is 5.15. The molecule has 0 bridgehead atoms. The Morgan fingerprint density at radius 3 is 2.73 bits per heavy atom. The molecule has 1 aromatic heterocycles. The van der Waals surface area contributed by atoms with Crippen LogP contribution in [0, 0.1) is 5.92 Å². The lowest BCUT2D eigenvalue weighted by Crippen LogP contribution is -2.08. The van der Waals surface area contributed by atoms with E-state index >= 15 is 0 Å². The molecule has 0 aliphatic heterocycles. The Kier molecular flexibility index (Phi) is 3.28. The second-order valence-electron chi connectivity index (χ2n) is 3.85. The predicted octanol–water partition coefficient (Wildman–Crippen LogP) is 1.72. The molecule has 1 fully saturated rings. The first-order valence-corrected chi connectivity index (χ1v) is 5.21. The van der Waals surface area contributed by atoms with Crippen LogP contribution in [0.2, 0.25) is 0 Å². The summed E-state index contributed by atoms with van der Waals surface area (Å²) in [6.45, 7) is 0. The molecule has 0 atom stereocenters. The summed E-state index contributed by atoms with van der Waals surface area (Å²) in [5.41, 5.74) is 0.797. The molecule has 0 radical (unpaired) electrons. The van der Waals surface area contributed by atoms with Crippen LogP contribution in [0.3, 0.4) is 0 Å². The van der Waals surface area contributed by atoms with Crippen LogP contribution in [0.4, 0.5) is 0 Å². The lowest BCUT2D eigenvalue weighted by atomic mass is 10.2. The Morgan fingerprint density at radius 1 is 1.40 bits per heavy atom. The molecule has 4 nitrogen and oxygen atoms in total. The summed E-state index contributed by atoms with van der Waals surface area (Å²) in [5.74, 6) is 1.69. The first kappa shape index (κ1) is 10.5. The Morgan fingerprint density at radius 2 is 2.13 bits per heavy atom. The lowest BCUT2D eigenvalue weighted by molar-refractivity contribution is -0.108. The van der Waals surface area contributed by atoms with Crippen LogP contribution in [0.5, 0.6) is 0 Å². The van der Waals surface area contributed by atoms with Crippen molar-refractivity contribution in [3.05, 3.63) is 23.8 Å². The Bertz CT molecular complexity index is 322. The minimum atomic E-state index is -0.383. The Labute approximate surface area is 89.6 Å². The number of hydrogen-bond donors (Lipinski definition) is 0. The molecule has 0 saturated heterocycles. The monoisotopic (exact) mass is 208 g/mol. The molecular weight excluding hydrogens is 192 g/mol. The van der Waals surface area contributed by atoms with Crippen molar-refractivity contribution >= 4 is 0 Å². The normalized spacial score (nSPS) is 15.9. The predicted molar refractivity (Wildman–Crippen MR) is 55.2 cm³/mol. The van der Waals surface area contributed by atoms with Gasteiger partial charge in [-0.3, -0.25) is 0 Å². The van der Waals surface area contributed by atoms with E-state index in [9.17, 15) is 0 Å². The molecule has 0 aromatic carbocycles. The fraction of sp³-hybridized carbons (Fsp3) is 0.636. The maximum Gasteiger partial charge on any atom is 0.200 e. The number of rotatable bonds is 5. The molecule has 1 saturated carbocycles. The first-order valence-electron chi connectivity index (χ1n) is 5.21. The average molecular weight is 208 g/mol. The highest BCUT2D eigenvalue weighted by atomic mass is 16.7. The summed E-state index contributed by atoms with van der Waals surface area (Å²) < 4.78 is 10.3. The molecule has 1 aromatic rings. The quantitative estimate of drug-likeness (QED) is 0.691. The van der Waals surface area contributed by atoms with Gasteiger partial charge in [0.05, 0.1) is 5.69 Å². The number of methoxy groups -OCH3 is 2. The standard InChI is InChI=1S/C11H16N2O2/c1-14-11(15-2)9-5-6-12-10(13-9)7-8-3-4-8/h5-6,8,11H,3-4,7H2,1-2H3. The van der Waals surface area contributed by atoms with Gasteiger partial charge in [0.15, 0.2) is 0 Å². The van der Waals surface area contributed by atoms with E-state index < -0.39 is 0 Å². The summed E-state index contributed by atoms with van der Waals surface area (Å²) in [6.07, 6.45) is 4.99. The van der Waals surface area contributed by atoms with Gasteiger partial charge in [0.1, 0.15) is 5.82 Å².